The Kier molecular flexibility index (Phi) is 4.36. The summed E-state index contributed by atoms with van der Waals surface area (Å²) in [7, 11) is -0.627. The highest BCUT2D eigenvalue weighted by atomic mass is 28.2. The molecule has 0 saturated carbocycles. The highest BCUT2D eigenvalue weighted by Crippen LogP contribution is 2.05. The van der Waals surface area contributed by atoms with Crippen molar-refractivity contribution in [1.29, 1.82) is 0 Å². The van der Waals surface area contributed by atoms with Gasteiger partial charge in [-0.3, -0.25) is 4.79 Å². The molecule has 4 heteroatoms. The molecule has 0 aliphatic carbocycles. The van der Waals surface area contributed by atoms with Crippen molar-refractivity contribution in [3.8, 4) is 0 Å². The predicted molar refractivity (Wildman–Crippen MR) is 46.2 cm³/mol. The van der Waals surface area contributed by atoms with Crippen LogP contribution in [0.2, 0.25) is 6.55 Å². The third-order valence-corrected chi connectivity index (χ3v) is 1.54. The zero-order chi connectivity index (χ0) is 8.91. The van der Waals surface area contributed by atoms with Crippen LogP contribution >= 0.6 is 0 Å². The van der Waals surface area contributed by atoms with Crippen molar-refractivity contribution >= 4 is 15.7 Å². The average Bonchev–Trinajstić information content (AvgIpc) is 1.83. The van der Waals surface area contributed by atoms with Gasteiger partial charge in [-0.25, -0.2) is 0 Å². The van der Waals surface area contributed by atoms with E-state index in [-0.39, 0.29) is 18.2 Å². The van der Waals surface area contributed by atoms with Crippen LogP contribution < -0.4 is 0 Å². The van der Waals surface area contributed by atoms with Gasteiger partial charge >= 0.3 is 5.97 Å². The number of hydrogen-bond donors (Lipinski definition) is 0. The quantitative estimate of drug-likeness (QED) is 0.587. The molecule has 66 valence electrons. The second-order valence-electron chi connectivity index (χ2n) is 3.21. The molecule has 0 spiro atoms. The van der Waals surface area contributed by atoms with Gasteiger partial charge in [-0.05, 0) is 27.3 Å². The highest BCUT2D eigenvalue weighted by Gasteiger charge is 2.12. The Morgan fingerprint density at radius 2 is 2.00 bits per heavy atom. The monoisotopic (exact) mass is 176 g/mol. The lowest BCUT2D eigenvalue weighted by atomic mass is 10.2. The van der Waals surface area contributed by atoms with Gasteiger partial charge in [-0.2, -0.15) is 0 Å². The first-order valence-corrected chi connectivity index (χ1v) is 5.74. The number of ether oxygens (including phenoxy) is 1. The number of carbonyl (C=O) groups is 1. The van der Waals surface area contributed by atoms with Gasteiger partial charge in [0.05, 0.1) is 5.60 Å². The van der Waals surface area contributed by atoms with Crippen LogP contribution in [0.3, 0.4) is 0 Å². The van der Waals surface area contributed by atoms with Crippen molar-refractivity contribution in [2.24, 2.45) is 0 Å². The maximum Gasteiger partial charge on any atom is 0.318 e. The zero-order valence-corrected chi connectivity index (χ0v) is 9.05. The summed E-state index contributed by atoms with van der Waals surface area (Å²) in [5.41, 5.74) is -0.256. The minimum Gasteiger partial charge on any atom is -0.524 e. The Hall–Kier alpha value is -0.353. The maximum atomic E-state index is 10.8. The highest BCUT2D eigenvalue weighted by molar-refractivity contribution is 6.28. The predicted octanol–water partition coefficient (Wildman–Crippen LogP) is 0.477. The van der Waals surface area contributed by atoms with Crippen LogP contribution in [0.15, 0.2) is 0 Å². The summed E-state index contributed by atoms with van der Waals surface area (Å²) in [6.45, 7) is 7.70. The largest absolute Gasteiger partial charge is 0.524 e. The molecular formula is C7H16O3Si. The van der Waals surface area contributed by atoms with E-state index in [2.05, 4.69) is 0 Å². The van der Waals surface area contributed by atoms with Crippen molar-refractivity contribution in [2.75, 3.05) is 6.61 Å². The van der Waals surface area contributed by atoms with Crippen molar-refractivity contribution in [1.82, 2.24) is 0 Å². The van der Waals surface area contributed by atoms with Gasteiger partial charge in [-0.1, -0.05) is 0 Å². The smallest absolute Gasteiger partial charge is 0.318 e. The molecule has 0 aliphatic rings. The summed E-state index contributed by atoms with van der Waals surface area (Å²) in [6.07, 6.45) is 0. The summed E-state index contributed by atoms with van der Waals surface area (Å²) >= 11 is 0. The summed E-state index contributed by atoms with van der Waals surface area (Å²) in [6, 6.07) is 0. The van der Waals surface area contributed by atoms with Crippen LogP contribution in [0.1, 0.15) is 20.8 Å². The SMILES string of the molecule is C[SiH2]OC(=O)COC(C)(C)C. The van der Waals surface area contributed by atoms with E-state index in [0.29, 0.717) is 0 Å². The lowest BCUT2D eigenvalue weighted by molar-refractivity contribution is -0.144. The van der Waals surface area contributed by atoms with Gasteiger partial charge in [0, 0.05) is 0 Å². The third kappa shape index (κ3) is 7.54. The molecule has 0 radical (unpaired) electrons. The van der Waals surface area contributed by atoms with E-state index >= 15 is 0 Å². The Labute approximate surface area is 70.0 Å². The molecular weight excluding hydrogens is 160 g/mol. The van der Waals surface area contributed by atoms with Crippen LogP contribution in [-0.2, 0) is 14.0 Å². The van der Waals surface area contributed by atoms with Crippen LogP contribution in [0.5, 0.6) is 0 Å². The molecule has 0 N–H and O–H groups in total. The number of rotatable bonds is 3. The Morgan fingerprint density at radius 1 is 1.45 bits per heavy atom. The zero-order valence-electron chi connectivity index (χ0n) is 7.64. The Morgan fingerprint density at radius 3 is 2.36 bits per heavy atom. The van der Waals surface area contributed by atoms with Crippen molar-refractivity contribution < 1.29 is 14.0 Å². The molecule has 0 atom stereocenters. The van der Waals surface area contributed by atoms with Crippen LogP contribution in [0, 0.1) is 0 Å². The molecule has 0 fully saturated rings. The number of carbonyl (C=O) groups excluding carboxylic acids is 1. The third-order valence-electron chi connectivity index (χ3n) is 0.928. The maximum absolute atomic E-state index is 10.8. The van der Waals surface area contributed by atoms with Crippen molar-refractivity contribution in [3.63, 3.8) is 0 Å². The fraction of sp³-hybridized carbons (Fsp3) is 0.857. The first-order valence-electron chi connectivity index (χ1n) is 3.75. The fourth-order valence-corrected chi connectivity index (χ4v) is 0.883. The van der Waals surface area contributed by atoms with E-state index in [0.717, 1.165) is 0 Å². The average molecular weight is 176 g/mol. The number of hydrogen-bond acceptors (Lipinski definition) is 3. The van der Waals surface area contributed by atoms with E-state index in [4.69, 9.17) is 9.16 Å². The van der Waals surface area contributed by atoms with Crippen molar-refractivity contribution in [3.05, 3.63) is 0 Å². The van der Waals surface area contributed by atoms with E-state index in [1.807, 2.05) is 27.3 Å². The summed E-state index contributed by atoms with van der Waals surface area (Å²) < 4.78 is 10.0. The molecule has 0 aromatic heterocycles. The molecule has 0 saturated heterocycles. The first-order chi connectivity index (χ1) is 4.95. The van der Waals surface area contributed by atoms with E-state index in [1.54, 1.807) is 0 Å². The van der Waals surface area contributed by atoms with Gasteiger partial charge in [0.15, 0.2) is 0 Å². The summed E-state index contributed by atoms with van der Waals surface area (Å²) in [5.74, 6) is -0.242. The molecule has 0 aromatic carbocycles. The minimum atomic E-state index is -0.627. The molecule has 0 aliphatic heterocycles. The second kappa shape index (κ2) is 4.51. The van der Waals surface area contributed by atoms with E-state index < -0.39 is 9.76 Å². The van der Waals surface area contributed by atoms with Gasteiger partial charge < -0.3 is 9.16 Å². The standard InChI is InChI=1S/C7H16O3Si/c1-7(2,3)9-5-6(8)10-11-4/h5,11H2,1-4H3. The fourth-order valence-electron chi connectivity index (χ4n) is 0.478. The normalized spacial score (nSPS) is 12.4. The van der Waals surface area contributed by atoms with E-state index in [9.17, 15) is 4.79 Å². The lowest BCUT2D eigenvalue weighted by Gasteiger charge is -2.18. The summed E-state index contributed by atoms with van der Waals surface area (Å²) in [4.78, 5) is 10.8. The van der Waals surface area contributed by atoms with Crippen molar-refractivity contribution in [2.45, 2.75) is 32.9 Å². The Balaban J connectivity index is 3.46. The molecule has 0 bridgehead atoms. The Bertz CT molecular complexity index is 128. The topological polar surface area (TPSA) is 35.5 Å². The molecule has 11 heavy (non-hydrogen) atoms. The molecule has 0 aromatic rings. The van der Waals surface area contributed by atoms with Crippen LogP contribution in [0.4, 0.5) is 0 Å². The molecule has 0 heterocycles. The molecule has 0 unspecified atom stereocenters. The van der Waals surface area contributed by atoms with Gasteiger partial charge in [-0.15, -0.1) is 0 Å². The summed E-state index contributed by atoms with van der Waals surface area (Å²) in [5, 5.41) is 0. The second-order valence-corrected chi connectivity index (χ2v) is 4.07. The van der Waals surface area contributed by atoms with Crippen LogP contribution in [-0.4, -0.2) is 27.9 Å². The van der Waals surface area contributed by atoms with Crippen LogP contribution in [0.25, 0.3) is 0 Å². The van der Waals surface area contributed by atoms with Gasteiger partial charge in [0.2, 0.25) is 9.76 Å². The molecule has 0 rings (SSSR count). The molecule has 3 nitrogen and oxygen atoms in total. The van der Waals surface area contributed by atoms with Gasteiger partial charge in [0.25, 0.3) is 0 Å². The first kappa shape index (κ1) is 10.6. The minimum absolute atomic E-state index is 0.0737. The van der Waals surface area contributed by atoms with E-state index in [1.165, 1.54) is 0 Å². The lowest BCUT2D eigenvalue weighted by Crippen LogP contribution is -2.25. The molecule has 0 amide bonds. The van der Waals surface area contributed by atoms with Gasteiger partial charge in [0.1, 0.15) is 6.61 Å².